The minimum Gasteiger partial charge on any atom is -0.507 e. The minimum absolute atomic E-state index is 0.321. The number of ether oxygens (including phenoxy) is 1. The van der Waals surface area contributed by atoms with Crippen molar-refractivity contribution in [2.45, 2.75) is 91.6 Å². The number of aryl methyl sites for hydroxylation is 1. The fourth-order valence-electron chi connectivity index (χ4n) is 3.62. The highest BCUT2D eigenvalue weighted by Crippen LogP contribution is 2.39. The van der Waals surface area contributed by atoms with Gasteiger partial charge in [-0.2, -0.15) is 0 Å². The molecule has 0 saturated heterocycles. The zero-order chi connectivity index (χ0) is 20.6. The van der Waals surface area contributed by atoms with Crippen LogP contribution in [0, 0.1) is 0 Å². The molecule has 1 aliphatic heterocycles. The SMILES string of the molecule is CCCCCc1cc(O)c2c(c1)OC(C)(CC/C=C(\C)CCC=C(C)C)C=C2. The molecule has 1 unspecified atom stereocenters. The maximum Gasteiger partial charge on any atom is 0.131 e. The van der Waals surface area contributed by atoms with Crippen molar-refractivity contribution in [3.63, 3.8) is 0 Å². The Bertz CT molecular complexity index is 735. The fourth-order valence-corrected chi connectivity index (χ4v) is 3.62. The summed E-state index contributed by atoms with van der Waals surface area (Å²) in [5, 5.41) is 10.4. The summed E-state index contributed by atoms with van der Waals surface area (Å²) in [4.78, 5) is 0. The van der Waals surface area contributed by atoms with E-state index in [-0.39, 0.29) is 5.60 Å². The molecule has 1 atom stereocenters. The third-order valence-electron chi connectivity index (χ3n) is 5.42. The van der Waals surface area contributed by atoms with Gasteiger partial charge in [0.15, 0.2) is 0 Å². The van der Waals surface area contributed by atoms with Gasteiger partial charge >= 0.3 is 0 Å². The van der Waals surface area contributed by atoms with Gasteiger partial charge in [0.1, 0.15) is 17.1 Å². The van der Waals surface area contributed by atoms with E-state index in [1.165, 1.54) is 24.0 Å². The highest BCUT2D eigenvalue weighted by atomic mass is 16.5. The molecule has 0 amide bonds. The predicted molar refractivity (Wildman–Crippen MR) is 121 cm³/mol. The van der Waals surface area contributed by atoms with Crippen molar-refractivity contribution in [2.75, 3.05) is 0 Å². The highest BCUT2D eigenvalue weighted by molar-refractivity contribution is 5.67. The van der Waals surface area contributed by atoms with E-state index in [0.717, 1.165) is 55.4 Å². The van der Waals surface area contributed by atoms with Crippen molar-refractivity contribution in [1.82, 2.24) is 0 Å². The first-order valence-electron chi connectivity index (χ1n) is 10.9. The van der Waals surface area contributed by atoms with E-state index in [1.54, 1.807) is 0 Å². The van der Waals surface area contributed by atoms with Crippen LogP contribution in [-0.4, -0.2) is 10.7 Å². The number of aromatic hydroxyl groups is 1. The lowest BCUT2D eigenvalue weighted by Crippen LogP contribution is -2.31. The first kappa shape index (κ1) is 22.3. The summed E-state index contributed by atoms with van der Waals surface area (Å²) in [6, 6.07) is 4.01. The Labute approximate surface area is 172 Å². The maximum atomic E-state index is 10.4. The summed E-state index contributed by atoms with van der Waals surface area (Å²) in [5.41, 5.74) is 4.48. The number of benzene rings is 1. The van der Waals surface area contributed by atoms with Crippen LogP contribution in [0.1, 0.15) is 90.7 Å². The second-order valence-electron chi connectivity index (χ2n) is 8.64. The lowest BCUT2D eigenvalue weighted by Gasteiger charge is -2.32. The van der Waals surface area contributed by atoms with Gasteiger partial charge in [-0.1, -0.05) is 43.1 Å². The van der Waals surface area contributed by atoms with E-state index in [1.807, 2.05) is 12.1 Å². The number of hydrogen-bond acceptors (Lipinski definition) is 2. The van der Waals surface area contributed by atoms with Gasteiger partial charge in [0.05, 0.1) is 5.56 Å². The quantitative estimate of drug-likeness (QED) is 0.331. The van der Waals surface area contributed by atoms with E-state index in [9.17, 15) is 5.11 Å². The summed E-state index contributed by atoms with van der Waals surface area (Å²) in [6.07, 6.45) is 17.5. The molecule has 1 aliphatic rings. The fraction of sp³-hybridized carbons (Fsp3) is 0.538. The zero-order valence-corrected chi connectivity index (χ0v) is 18.5. The van der Waals surface area contributed by atoms with Crippen molar-refractivity contribution < 1.29 is 9.84 Å². The van der Waals surface area contributed by atoms with Gasteiger partial charge in [-0.05, 0) is 96.1 Å². The van der Waals surface area contributed by atoms with Gasteiger partial charge in [0.2, 0.25) is 0 Å². The van der Waals surface area contributed by atoms with Gasteiger partial charge in [-0.3, -0.25) is 0 Å². The van der Waals surface area contributed by atoms with Crippen LogP contribution in [0.4, 0.5) is 0 Å². The van der Waals surface area contributed by atoms with Crippen molar-refractivity contribution >= 4 is 6.08 Å². The first-order chi connectivity index (χ1) is 13.3. The summed E-state index contributed by atoms with van der Waals surface area (Å²) in [5.74, 6) is 1.15. The van der Waals surface area contributed by atoms with Crippen LogP contribution in [0.25, 0.3) is 6.08 Å². The second-order valence-corrected chi connectivity index (χ2v) is 8.64. The van der Waals surface area contributed by atoms with E-state index < -0.39 is 0 Å². The van der Waals surface area contributed by atoms with Crippen molar-refractivity contribution in [2.24, 2.45) is 0 Å². The largest absolute Gasteiger partial charge is 0.507 e. The van der Waals surface area contributed by atoms with Gasteiger partial charge in [-0.25, -0.2) is 0 Å². The van der Waals surface area contributed by atoms with Gasteiger partial charge in [0, 0.05) is 0 Å². The lowest BCUT2D eigenvalue weighted by molar-refractivity contribution is 0.128. The van der Waals surface area contributed by atoms with E-state index in [2.05, 4.69) is 58.9 Å². The zero-order valence-electron chi connectivity index (χ0n) is 18.5. The molecule has 0 saturated carbocycles. The van der Waals surface area contributed by atoms with Gasteiger partial charge in [-0.15, -0.1) is 0 Å². The molecule has 2 rings (SSSR count). The molecule has 2 heteroatoms. The summed E-state index contributed by atoms with van der Waals surface area (Å²) < 4.78 is 6.36. The molecule has 0 aliphatic carbocycles. The average Bonchev–Trinajstić information content (AvgIpc) is 2.61. The van der Waals surface area contributed by atoms with Crippen molar-refractivity contribution in [3.05, 3.63) is 52.6 Å². The number of unbranched alkanes of at least 4 members (excludes halogenated alkanes) is 2. The molecule has 1 aromatic carbocycles. The normalized spacial score (nSPS) is 18.5. The standard InChI is InChI=1S/C26H38O2/c1-6-7-8-14-22-18-24(27)23-15-17-26(5,28-25(23)19-22)16-10-13-21(4)12-9-11-20(2)3/h11,13,15,17-19,27H,6-10,12,14,16H2,1-5H3/b21-13+. The third-order valence-corrected chi connectivity index (χ3v) is 5.42. The third kappa shape index (κ3) is 6.89. The van der Waals surface area contributed by atoms with E-state index in [0.29, 0.717) is 5.75 Å². The van der Waals surface area contributed by atoms with E-state index >= 15 is 0 Å². The summed E-state index contributed by atoms with van der Waals surface area (Å²) in [6.45, 7) is 10.9. The van der Waals surface area contributed by atoms with Crippen molar-refractivity contribution in [1.29, 1.82) is 0 Å². The smallest absolute Gasteiger partial charge is 0.131 e. The van der Waals surface area contributed by atoms with Crippen LogP contribution in [0.5, 0.6) is 11.5 Å². The van der Waals surface area contributed by atoms with Crippen LogP contribution >= 0.6 is 0 Å². The molecule has 1 N–H and O–H groups in total. The average molecular weight is 383 g/mol. The van der Waals surface area contributed by atoms with Crippen LogP contribution in [0.3, 0.4) is 0 Å². The summed E-state index contributed by atoms with van der Waals surface area (Å²) in [7, 11) is 0. The molecular formula is C26H38O2. The summed E-state index contributed by atoms with van der Waals surface area (Å²) >= 11 is 0. The number of allylic oxidation sites excluding steroid dienone is 4. The van der Waals surface area contributed by atoms with Crippen LogP contribution < -0.4 is 4.74 Å². The minimum atomic E-state index is -0.321. The highest BCUT2D eigenvalue weighted by Gasteiger charge is 2.28. The second kappa shape index (κ2) is 10.5. The Kier molecular flexibility index (Phi) is 8.41. The van der Waals surface area contributed by atoms with Gasteiger partial charge in [0.25, 0.3) is 0 Å². The molecule has 0 spiro atoms. The topological polar surface area (TPSA) is 29.5 Å². The Morgan fingerprint density at radius 3 is 2.61 bits per heavy atom. The monoisotopic (exact) mass is 382 g/mol. The Morgan fingerprint density at radius 2 is 1.89 bits per heavy atom. The Morgan fingerprint density at radius 1 is 1.11 bits per heavy atom. The lowest BCUT2D eigenvalue weighted by atomic mass is 9.93. The molecule has 2 nitrogen and oxygen atoms in total. The molecular weight excluding hydrogens is 344 g/mol. The number of rotatable bonds is 10. The molecule has 0 fully saturated rings. The molecule has 154 valence electrons. The number of hydrogen-bond donors (Lipinski definition) is 1. The van der Waals surface area contributed by atoms with Crippen LogP contribution in [0.2, 0.25) is 0 Å². The number of phenols is 1. The molecule has 1 heterocycles. The Balaban J connectivity index is 1.97. The number of fused-ring (bicyclic) bond motifs is 1. The van der Waals surface area contributed by atoms with Crippen LogP contribution in [0.15, 0.2) is 41.5 Å². The van der Waals surface area contributed by atoms with Crippen molar-refractivity contribution in [3.8, 4) is 11.5 Å². The molecule has 0 aromatic heterocycles. The molecule has 0 radical (unpaired) electrons. The predicted octanol–water partition coefficient (Wildman–Crippen LogP) is 7.76. The van der Waals surface area contributed by atoms with E-state index in [4.69, 9.17) is 4.74 Å². The maximum absolute atomic E-state index is 10.4. The van der Waals surface area contributed by atoms with Gasteiger partial charge < -0.3 is 9.84 Å². The number of phenolic OH excluding ortho intramolecular Hbond substituents is 1. The molecule has 28 heavy (non-hydrogen) atoms. The Hall–Kier alpha value is -1.96. The van der Waals surface area contributed by atoms with Crippen LogP contribution in [-0.2, 0) is 6.42 Å². The molecule has 1 aromatic rings. The molecule has 0 bridgehead atoms. The first-order valence-corrected chi connectivity index (χ1v) is 10.9.